The second-order valence-electron chi connectivity index (χ2n) is 2.76. The third kappa shape index (κ3) is 1.13. The molecule has 0 atom stereocenters. The van der Waals surface area contributed by atoms with Crippen molar-refractivity contribution in [3.8, 4) is 0 Å². The van der Waals surface area contributed by atoms with E-state index in [1.807, 2.05) is 0 Å². The van der Waals surface area contributed by atoms with Crippen LogP contribution in [0.3, 0.4) is 0 Å². The average Bonchev–Trinajstić information content (AvgIpc) is 2.30. The quantitative estimate of drug-likeness (QED) is 0.637. The van der Waals surface area contributed by atoms with Crippen molar-refractivity contribution in [3.05, 3.63) is 31.4 Å². The van der Waals surface area contributed by atoms with E-state index in [1.165, 1.54) is 10.8 Å². The second-order valence-corrected chi connectivity index (χ2v) is 6.84. The summed E-state index contributed by atoms with van der Waals surface area (Å²) in [5.41, 5.74) is 0. The number of hydrogen-bond donors (Lipinski definition) is 0. The zero-order valence-corrected chi connectivity index (χ0v) is 9.05. The molecule has 0 spiro atoms. The van der Waals surface area contributed by atoms with E-state index in [2.05, 4.69) is 38.1 Å². The summed E-state index contributed by atoms with van der Waals surface area (Å²) in [6.07, 6.45) is 0. The molecule has 0 saturated carbocycles. The molecule has 1 heteroatoms. The molecule has 0 amide bonds. The SMILES string of the molecule is Cc1[te]c(C)c2ccccc12. The Hall–Kier alpha value is -0.250. The fraction of sp³-hybridized carbons (Fsp3) is 0.200. The first-order chi connectivity index (χ1) is 5.29. The van der Waals surface area contributed by atoms with Crippen LogP contribution in [0.25, 0.3) is 10.8 Å². The van der Waals surface area contributed by atoms with Crippen LogP contribution in [0.1, 0.15) is 7.16 Å². The van der Waals surface area contributed by atoms with Gasteiger partial charge in [0.2, 0.25) is 0 Å². The molecule has 0 fully saturated rings. The molecule has 1 heterocycles. The van der Waals surface area contributed by atoms with E-state index in [1.54, 1.807) is 7.16 Å². The van der Waals surface area contributed by atoms with Gasteiger partial charge < -0.3 is 0 Å². The van der Waals surface area contributed by atoms with E-state index >= 15 is 0 Å². The van der Waals surface area contributed by atoms with Crippen molar-refractivity contribution in [3.63, 3.8) is 0 Å². The number of benzene rings is 1. The second kappa shape index (κ2) is 2.66. The van der Waals surface area contributed by atoms with Crippen molar-refractivity contribution in [1.29, 1.82) is 0 Å². The first kappa shape index (κ1) is 7.40. The summed E-state index contributed by atoms with van der Waals surface area (Å²) in [4.78, 5) is 0. The van der Waals surface area contributed by atoms with Gasteiger partial charge in [0.25, 0.3) is 0 Å². The molecule has 0 aliphatic carbocycles. The summed E-state index contributed by atoms with van der Waals surface area (Å²) in [6.45, 7) is 4.55. The monoisotopic (exact) mass is 260 g/mol. The first-order valence-corrected chi connectivity index (χ1v) is 6.07. The number of rotatable bonds is 0. The van der Waals surface area contributed by atoms with Crippen molar-refractivity contribution in [2.75, 3.05) is 0 Å². The van der Waals surface area contributed by atoms with Crippen molar-refractivity contribution in [2.24, 2.45) is 0 Å². The van der Waals surface area contributed by atoms with Crippen LogP contribution in [-0.2, 0) is 0 Å². The number of hydrogen-bond acceptors (Lipinski definition) is 0. The van der Waals surface area contributed by atoms with Gasteiger partial charge >= 0.3 is 76.5 Å². The molecule has 0 aliphatic rings. The van der Waals surface area contributed by atoms with Crippen molar-refractivity contribution < 1.29 is 0 Å². The maximum absolute atomic E-state index is 2.28. The molecule has 1 aromatic carbocycles. The van der Waals surface area contributed by atoms with E-state index in [-0.39, 0.29) is 20.4 Å². The minimum absolute atomic E-state index is 0.0483. The van der Waals surface area contributed by atoms with Gasteiger partial charge in [0.05, 0.1) is 0 Å². The summed E-state index contributed by atoms with van der Waals surface area (Å²) < 4.78 is 3.28. The molecule has 56 valence electrons. The molecule has 2 rings (SSSR count). The molecular formula is C10H10Te. The van der Waals surface area contributed by atoms with Gasteiger partial charge in [-0.1, -0.05) is 0 Å². The van der Waals surface area contributed by atoms with Crippen LogP contribution in [-0.4, -0.2) is 20.4 Å². The predicted molar refractivity (Wildman–Crippen MR) is 50.4 cm³/mol. The van der Waals surface area contributed by atoms with Crippen LogP contribution >= 0.6 is 0 Å². The molecule has 0 radical (unpaired) electrons. The Balaban J connectivity index is 2.95. The third-order valence-electron chi connectivity index (χ3n) is 1.99. The Morgan fingerprint density at radius 3 is 1.82 bits per heavy atom. The summed E-state index contributed by atoms with van der Waals surface area (Å²) in [5, 5.41) is 3.01. The van der Waals surface area contributed by atoms with E-state index in [9.17, 15) is 0 Å². The molecule has 1 aromatic heterocycles. The fourth-order valence-electron chi connectivity index (χ4n) is 1.44. The van der Waals surface area contributed by atoms with Crippen LogP contribution < -0.4 is 0 Å². The number of fused-ring (bicyclic) bond motifs is 1. The Labute approximate surface area is 76.5 Å². The molecule has 0 bridgehead atoms. The standard InChI is InChI=1S/C10H10Te/c1-7-9-5-3-4-6-10(9)8(2)11-7/h3-6H,1-2H3. The van der Waals surface area contributed by atoms with Crippen LogP contribution in [0.2, 0.25) is 0 Å². The van der Waals surface area contributed by atoms with Gasteiger partial charge in [-0.25, -0.2) is 0 Å². The van der Waals surface area contributed by atoms with Gasteiger partial charge in [-0.2, -0.15) is 0 Å². The molecule has 0 nitrogen and oxygen atoms in total. The fourth-order valence-corrected chi connectivity index (χ4v) is 4.39. The van der Waals surface area contributed by atoms with Crippen molar-refractivity contribution in [1.82, 2.24) is 0 Å². The third-order valence-corrected chi connectivity index (χ3v) is 4.99. The molecule has 2 aromatic rings. The summed E-state index contributed by atoms with van der Waals surface area (Å²) >= 11 is 0.0483. The molecule has 0 saturated heterocycles. The van der Waals surface area contributed by atoms with Gasteiger partial charge in [-0.3, -0.25) is 0 Å². The van der Waals surface area contributed by atoms with Gasteiger partial charge in [0.1, 0.15) is 0 Å². The molecule has 0 N–H and O–H groups in total. The van der Waals surface area contributed by atoms with Crippen LogP contribution in [0.15, 0.2) is 24.3 Å². The van der Waals surface area contributed by atoms with E-state index in [4.69, 9.17) is 0 Å². The number of aryl methyl sites for hydroxylation is 2. The van der Waals surface area contributed by atoms with Gasteiger partial charge in [0, 0.05) is 0 Å². The van der Waals surface area contributed by atoms with E-state index < -0.39 is 0 Å². The maximum atomic E-state index is 2.28. The predicted octanol–water partition coefficient (Wildman–Crippen LogP) is 2.51. The molecular weight excluding hydrogens is 248 g/mol. The zero-order valence-electron chi connectivity index (χ0n) is 6.72. The van der Waals surface area contributed by atoms with Crippen LogP contribution in [0.4, 0.5) is 0 Å². The molecule has 0 aliphatic heterocycles. The summed E-state index contributed by atoms with van der Waals surface area (Å²) in [6, 6.07) is 8.75. The summed E-state index contributed by atoms with van der Waals surface area (Å²) in [7, 11) is 0. The van der Waals surface area contributed by atoms with Crippen molar-refractivity contribution in [2.45, 2.75) is 13.8 Å². The molecule has 0 unspecified atom stereocenters. The Morgan fingerprint density at radius 1 is 0.909 bits per heavy atom. The van der Waals surface area contributed by atoms with Gasteiger partial charge in [-0.05, 0) is 0 Å². The normalized spacial score (nSPS) is 10.7. The van der Waals surface area contributed by atoms with Crippen molar-refractivity contribution >= 4 is 31.2 Å². The van der Waals surface area contributed by atoms with Crippen LogP contribution in [0, 0.1) is 13.8 Å². The summed E-state index contributed by atoms with van der Waals surface area (Å²) in [5.74, 6) is 0. The Kier molecular flexibility index (Phi) is 1.79. The Morgan fingerprint density at radius 2 is 1.36 bits per heavy atom. The van der Waals surface area contributed by atoms with E-state index in [0.717, 1.165) is 0 Å². The van der Waals surface area contributed by atoms with Gasteiger partial charge in [0.15, 0.2) is 0 Å². The topological polar surface area (TPSA) is 0 Å². The minimum atomic E-state index is 0.0483. The first-order valence-electron chi connectivity index (χ1n) is 3.74. The molecule has 11 heavy (non-hydrogen) atoms. The van der Waals surface area contributed by atoms with Crippen LogP contribution in [0.5, 0.6) is 0 Å². The zero-order chi connectivity index (χ0) is 7.84. The van der Waals surface area contributed by atoms with Gasteiger partial charge in [-0.15, -0.1) is 0 Å². The van der Waals surface area contributed by atoms with E-state index in [0.29, 0.717) is 0 Å². The Bertz CT molecular complexity index is 349. The average molecular weight is 258 g/mol.